The van der Waals surface area contributed by atoms with Gasteiger partial charge in [0.1, 0.15) is 5.60 Å². The summed E-state index contributed by atoms with van der Waals surface area (Å²) in [5, 5.41) is 4.68. The predicted octanol–water partition coefficient (Wildman–Crippen LogP) is 4.73. The lowest BCUT2D eigenvalue weighted by Crippen LogP contribution is -2.27. The van der Waals surface area contributed by atoms with Crippen LogP contribution in [0.5, 0.6) is 0 Å². The van der Waals surface area contributed by atoms with Crippen LogP contribution < -0.4 is 4.72 Å². The van der Waals surface area contributed by atoms with Gasteiger partial charge < -0.3 is 4.74 Å². The Bertz CT molecular complexity index is 1450. The molecule has 3 aromatic heterocycles. The van der Waals surface area contributed by atoms with Gasteiger partial charge in [-0.1, -0.05) is 29.8 Å². The van der Waals surface area contributed by atoms with Crippen molar-refractivity contribution in [3.05, 3.63) is 66.2 Å². The van der Waals surface area contributed by atoms with E-state index < -0.39 is 21.7 Å². The van der Waals surface area contributed by atoms with Gasteiger partial charge in [-0.15, -0.1) is 4.68 Å². The Morgan fingerprint density at radius 2 is 1.70 bits per heavy atom. The van der Waals surface area contributed by atoms with Crippen molar-refractivity contribution in [3.63, 3.8) is 0 Å². The van der Waals surface area contributed by atoms with E-state index in [1.165, 1.54) is 30.7 Å². The molecule has 170 valence electrons. The first-order chi connectivity index (χ1) is 15.5. The van der Waals surface area contributed by atoms with Gasteiger partial charge in [-0.25, -0.2) is 23.2 Å². The van der Waals surface area contributed by atoms with Crippen molar-refractivity contribution in [2.45, 2.75) is 31.3 Å². The van der Waals surface area contributed by atoms with Crippen LogP contribution in [-0.4, -0.2) is 39.9 Å². The van der Waals surface area contributed by atoms with Crippen LogP contribution >= 0.6 is 11.6 Å². The number of halogens is 1. The third kappa shape index (κ3) is 4.96. The van der Waals surface area contributed by atoms with E-state index >= 15 is 0 Å². The number of aromatic nitrogens is 4. The van der Waals surface area contributed by atoms with Crippen LogP contribution in [0.2, 0.25) is 5.15 Å². The molecule has 0 aliphatic carbocycles. The lowest BCUT2D eigenvalue weighted by Gasteiger charge is -2.18. The summed E-state index contributed by atoms with van der Waals surface area (Å²) in [6, 6.07) is 11.3. The molecule has 0 saturated carbocycles. The molecule has 11 heteroatoms. The number of carbonyl (C=O) groups excluding carboxylic acids is 1. The molecule has 0 atom stereocenters. The van der Waals surface area contributed by atoms with Crippen molar-refractivity contribution >= 4 is 44.4 Å². The van der Waals surface area contributed by atoms with Gasteiger partial charge in [0.25, 0.3) is 10.0 Å². The molecule has 9 nitrogen and oxygen atoms in total. The maximum absolute atomic E-state index is 12.7. The number of sulfonamides is 1. The zero-order chi connectivity index (χ0) is 23.8. The van der Waals surface area contributed by atoms with E-state index in [-0.39, 0.29) is 15.7 Å². The Hall–Kier alpha value is -3.50. The minimum Gasteiger partial charge on any atom is -0.442 e. The van der Waals surface area contributed by atoms with Crippen LogP contribution in [-0.2, 0) is 14.8 Å². The van der Waals surface area contributed by atoms with Gasteiger partial charge in [0.2, 0.25) is 0 Å². The van der Waals surface area contributed by atoms with E-state index in [0.29, 0.717) is 22.2 Å². The molecule has 4 aromatic rings. The molecule has 0 aliphatic rings. The fourth-order valence-electron chi connectivity index (χ4n) is 3.00. The summed E-state index contributed by atoms with van der Waals surface area (Å²) in [5.74, 6) is 0. The molecule has 0 fully saturated rings. The summed E-state index contributed by atoms with van der Waals surface area (Å²) >= 11 is 6.14. The van der Waals surface area contributed by atoms with Gasteiger partial charge in [0, 0.05) is 28.9 Å². The zero-order valence-electron chi connectivity index (χ0n) is 18.0. The van der Waals surface area contributed by atoms with Crippen LogP contribution in [0.25, 0.3) is 22.2 Å². The molecule has 3 heterocycles. The molecule has 0 amide bonds. The van der Waals surface area contributed by atoms with Gasteiger partial charge in [-0.3, -0.25) is 4.72 Å². The summed E-state index contributed by atoms with van der Waals surface area (Å²) in [6.45, 7) is 5.29. The monoisotopic (exact) mass is 485 g/mol. The molecular weight excluding hydrogens is 466 g/mol. The molecule has 4 rings (SSSR count). The van der Waals surface area contributed by atoms with E-state index in [1.54, 1.807) is 51.1 Å². The lowest BCUT2D eigenvalue weighted by molar-refractivity contribution is 0.0521. The summed E-state index contributed by atoms with van der Waals surface area (Å²) in [4.78, 5) is 20.9. The number of rotatable bonds is 4. The van der Waals surface area contributed by atoms with E-state index in [1.807, 2.05) is 0 Å². The highest BCUT2D eigenvalue weighted by Crippen LogP contribution is 2.29. The first-order valence-corrected chi connectivity index (χ1v) is 11.7. The van der Waals surface area contributed by atoms with Gasteiger partial charge in [0.05, 0.1) is 16.8 Å². The first-order valence-electron chi connectivity index (χ1n) is 9.84. The molecule has 0 radical (unpaired) electrons. The van der Waals surface area contributed by atoms with Gasteiger partial charge in [-0.2, -0.15) is 5.10 Å². The summed E-state index contributed by atoms with van der Waals surface area (Å²) in [6.07, 6.45) is 3.90. The van der Waals surface area contributed by atoms with Crippen molar-refractivity contribution in [1.29, 1.82) is 0 Å². The number of nitrogens with one attached hydrogen (secondary N) is 1. The normalized spacial score (nSPS) is 12.0. The van der Waals surface area contributed by atoms with E-state index in [0.717, 1.165) is 4.68 Å². The van der Waals surface area contributed by atoms with Crippen molar-refractivity contribution < 1.29 is 17.9 Å². The minimum atomic E-state index is -3.85. The molecule has 33 heavy (non-hydrogen) atoms. The average Bonchev–Trinajstić information content (AvgIpc) is 3.18. The lowest BCUT2D eigenvalue weighted by atomic mass is 10.1. The number of hydrogen-bond acceptors (Lipinski definition) is 7. The van der Waals surface area contributed by atoms with Crippen LogP contribution in [0.4, 0.5) is 10.5 Å². The third-order valence-corrected chi connectivity index (χ3v) is 6.13. The minimum absolute atomic E-state index is 0.00467. The molecule has 0 bridgehead atoms. The Labute approximate surface area is 195 Å². The maximum atomic E-state index is 12.7. The fourth-order valence-corrected chi connectivity index (χ4v) is 4.28. The molecule has 0 aliphatic heterocycles. The highest BCUT2D eigenvalue weighted by molar-refractivity contribution is 7.92. The van der Waals surface area contributed by atoms with Crippen molar-refractivity contribution in [3.8, 4) is 11.1 Å². The topological polar surface area (TPSA) is 116 Å². The van der Waals surface area contributed by atoms with E-state index in [9.17, 15) is 13.2 Å². The van der Waals surface area contributed by atoms with Crippen molar-refractivity contribution in [2.75, 3.05) is 4.72 Å². The van der Waals surface area contributed by atoms with Crippen LogP contribution in [0.3, 0.4) is 0 Å². The Kier molecular flexibility index (Phi) is 5.81. The van der Waals surface area contributed by atoms with Gasteiger partial charge >= 0.3 is 6.09 Å². The molecule has 0 saturated heterocycles. The van der Waals surface area contributed by atoms with Crippen LogP contribution in [0, 0.1) is 0 Å². The first kappa shape index (κ1) is 22.7. The number of ether oxygens (including phenoxy) is 1. The number of anilines is 1. The van der Waals surface area contributed by atoms with Gasteiger partial charge in [0.15, 0.2) is 10.8 Å². The molecular formula is C22H20ClN5O4S. The van der Waals surface area contributed by atoms with Crippen LogP contribution in [0.1, 0.15) is 20.8 Å². The molecule has 1 N–H and O–H groups in total. The highest BCUT2D eigenvalue weighted by Gasteiger charge is 2.21. The van der Waals surface area contributed by atoms with E-state index in [4.69, 9.17) is 16.3 Å². The fraction of sp³-hybridized carbons (Fsp3) is 0.182. The Balaban J connectivity index is 1.66. The Morgan fingerprint density at radius 3 is 2.39 bits per heavy atom. The third-order valence-electron chi connectivity index (χ3n) is 4.44. The van der Waals surface area contributed by atoms with Gasteiger partial charge in [-0.05, 0) is 45.0 Å². The smallest absolute Gasteiger partial charge is 0.437 e. The van der Waals surface area contributed by atoms with Crippen molar-refractivity contribution in [2.24, 2.45) is 0 Å². The number of hydrogen-bond donors (Lipinski definition) is 1. The second-order valence-corrected chi connectivity index (χ2v) is 10.2. The summed E-state index contributed by atoms with van der Waals surface area (Å²) < 4.78 is 34.3. The molecule has 0 unspecified atom stereocenters. The summed E-state index contributed by atoms with van der Waals surface area (Å²) in [7, 11) is -3.85. The zero-order valence-corrected chi connectivity index (χ0v) is 19.6. The SMILES string of the molecule is CC(C)(C)OC(=O)n1ncc2cc(-c3cnc(Cl)c(NS(=O)(=O)c4ccccc4)c3)cnc21. The largest absolute Gasteiger partial charge is 0.442 e. The number of carbonyl (C=O) groups is 1. The second-order valence-electron chi connectivity index (χ2n) is 8.15. The highest BCUT2D eigenvalue weighted by atomic mass is 35.5. The average molecular weight is 486 g/mol. The number of fused-ring (bicyclic) bond motifs is 1. The second kappa shape index (κ2) is 8.45. The van der Waals surface area contributed by atoms with Crippen LogP contribution in [0.15, 0.2) is 66.0 Å². The number of benzene rings is 1. The quantitative estimate of drug-likeness (QED) is 0.415. The number of pyridine rings is 2. The maximum Gasteiger partial charge on any atom is 0.437 e. The summed E-state index contributed by atoms with van der Waals surface area (Å²) in [5.41, 5.74) is 0.996. The predicted molar refractivity (Wildman–Crippen MR) is 125 cm³/mol. The Morgan fingerprint density at radius 1 is 1.03 bits per heavy atom. The molecule has 1 aromatic carbocycles. The van der Waals surface area contributed by atoms with Crippen molar-refractivity contribution in [1.82, 2.24) is 19.7 Å². The van der Waals surface area contributed by atoms with E-state index in [2.05, 4.69) is 19.8 Å². The molecule has 0 spiro atoms. The number of nitrogens with zero attached hydrogens (tertiary/aromatic N) is 4. The standard InChI is InChI=1S/C22H20ClN5O4S/c1-22(2,3)32-21(29)28-20-16(13-26-28)9-14(12-25-20)15-10-18(19(23)24-11-15)27-33(30,31)17-7-5-4-6-8-17/h4-13,27H,1-3H3.